The second-order valence-corrected chi connectivity index (χ2v) is 9.95. The number of carbonyl (C=O) groups excluding carboxylic acids is 2. The Morgan fingerprint density at radius 3 is 2.50 bits per heavy atom. The summed E-state index contributed by atoms with van der Waals surface area (Å²) in [4.78, 5) is 30.3. The summed E-state index contributed by atoms with van der Waals surface area (Å²) in [5, 5.41) is 13.3. The molecule has 6 heteroatoms. The van der Waals surface area contributed by atoms with Crippen molar-refractivity contribution in [3.63, 3.8) is 0 Å². The van der Waals surface area contributed by atoms with Crippen LogP contribution in [0, 0.1) is 5.92 Å². The fourth-order valence-corrected chi connectivity index (χ4v) is 4.63. The highest BCUT2D eigenvalue weighted by Gasteiger charge is 2.46. The molecule has 6 nitrogen and oxygen atoms in total. The van der Waals surface area contributed by atoms with Crippen LogP contribution in [-0.2, 0) is 9.59 Å². The average molecular weight is 487 g/mol. The predicted octanol–water partition coefficient (Wildman–Crippen LogP) is 5.25. The van der Waals surface area contributed by atoms with Gasteiger partial charge in [-0.1, -0.05) is 68.4 Å². The molecule has 1 heterocycles. The number of benzene rings is 3. The van der Waals surface area contributed by atoms with Crippen molar-refractivity contribution in [3.05, 3.63) is 83.4 Å². The number of hydrogen-bond acceptors (Lipinski definition) is 5. The Bertz CT molecular complexity index is 1290. The van der Waals surface area contributed by atoms with Crippen molar-refractivity contribution in [3.8, 4) is 5.75 Å². The Kier molecular flexibility index (Phi) is 7.75. The quantitative estimate of drug-likeness (QED) is 0.254. The third kappa shape index (κ3) is 5.29. The maximum absolute atomic E-state index is 13.4. The molecule has 1 unspecified atom stereocenters. The lowest BCUT2D eigenvalue weighted by atomic mass is 9.93. The van der Waals surface area contributed by atoms with E-state index in [-0.39, 0.29) is 11.3 Å². The predicted molar refractivity (Wildman–Crippen MR) is 143 cm³/mol. The smallest absolute Gasteiger partial charge is 0.295 e. The highest BCUT2D eigenvalue weighted by Crippen LogP contribution is 2.41. The number of aliphatic hydroxyl groups is 1. The van der Waals surface area contributed by atoms with Gasteiger partial charge in [-0.05, 0) is 61.4 Å². The lowest BCUT2D eigenvalue weighted by molar-refractivity contribution is -0.139. The van der Waals surface area contributed by atoms with Crippen LogP contribution in [0.15, 0.2) is 72.3 Å². The number of ketones is 1. The van der Waals surface area contributed by atoms with Crippen LogP contribution < -0.4 is 4.74 Å². The molecule has 36 heavy (non-hydrogen) atoms. The number of Topliss-reactive ketones (excluding diaryl/α,β-unsaturated/α-hetero) is 1. The first-order valence-corrected chi connectivity index (χ1v) is 12.4. The number of likely N-dealkylation sites (tertiary alicyclic amines) is 1. The summed E-state index contributed by atoms with van der Waals surface area (Å²) in [6, 6.07) is 20.1. The lowest BCUT2D eigenvalue weighted by Crippen LogP contribution is -2.32. The number of fused-ring (bicyclic) bond motifs is 1. The van der Waals surface area contributed by atoms with Crippen molar-refractivity contribution in [2.75, 3.05) is 33.8 Å². The maximum atomic E-state index is 13.4. The van der Waals surface area contributed by atoms with Crippen LogP contribution >= 0.6 is 0 Å². The molecule has 0 saturated carbocycles. The van der Waals surface area contributed by atoms with Crippen LogP contribution in [0.25, 0.3) is 16.5 Å². The van der Waals surface area contributed by atoms with E-state index in [1.54, 1.807) is 11.0 Å². The van der Waals surface area contributed by atoms with E-state index < -0.39 is 17.7 Å². The van der Waals surface area contributed by atoms with E-state index >= 15 is 0 Å². The molecule has 1 amide bonds. The third-order valence-corrected chi connectivity index (χ3v) is 6.35. The molecule has 0 bridgehead atoms. The van der Waals surface area contributed by atoms with Crippen molar-refractivity contribution in [1.29, 1.82) is 0 Å². The second kappa shape index (κ2) is 11.0. The summed E-state index contributed by atoms with van der Waals surface area (Å²) in [6.07, 6.45) is 0.703. The molecule has 3 aromatic carbocycles. The fourth-order valence-electron chi connectivity index (χ4n) is 4.63. The van der Waals surface area contributed by atoms with Crippen molar-refractivity contribution < 1.29 is 19.4 Å². The van der Waals surface area contributed by atoms with Gasteiger partial charge in [0.15, 0.2) is 0 Å². The Morgan fingerprint density at radius 1 is 1.03 bits per heavy atom. The molecule has 0 spiro atoms. The minimum absolute atomic E-state index is 0.113. The van der Waals surface area contributed by atoms with Gasteiger partial charge in [-0.15, -0.1) is 0 Å². The van der Waals surface area contributed by atoms with E-state index in [4.69, 9.17) is 4.74 Å². The highest BCUT2D eigenvalue weighted by atomic mass is 16.5. The van der Waals surface area contributed by atoms with Gasteiger partial charge in [0, 0.05) is 12.1 Å². The Balaban J connectivity index is 1.84. The molecule has 1 aliphatic heterocycles. The molecule has 1 N–H and O–H groups in total. The van der Waals surface area contributed by atoms with Crippen LogP contribution in [0.2, 0.25) is 0 Å². The van der Waals surface area contributed by atoms with Crippen LogP contribution in [0.3, 0.4) is 0 Å². The van der Waals surface area contributed by atoms with Crippen LogP contribution in [0.1, 0.15) is 37.4 Å². The summed E-state index contributed by atoms with van der Waals surface area (Å²) in [5.74, 6) is -0.376. The highest BCUT2D eigenvalue weighted by molar-refractivity contribution is 6.46. The zero-order chi connectivity index (χ0) is 25.8. The molecule has 1 saturated heterocycles. The zero-order valence-corrected chi connectivity index (χ0v) is 21.4. The number of rotatable bonds is 9. The fraction of sp³-hybridized carbons (Fsp3) is 0.333. The number of ether oxygens (including phenoxy) is 1. The van der Waals surface area contributed by atoms with Gasteiger partial charge in [0.05, 0.1) is 18.2 Å². The molecular formula is C30H34N2O4. The molecule has 3 aromatic rings. The number of carbonyl (C=O) groups is 2. The molecule has 0 aromatic heterocycles. The van der Waals surface area contributed by atoms with Gasteiger partial charge in [0.25, 0.3) is 11.7 Å². The van der Waals surface area contributed by atoms with Crippen LogP contribution in [0.4, 0.5) is 0 Å². The van der Waals surface area contributed by atoms with E-state index in [1.807, 2.05) is 79.7 Å². The molecule has 0 radical (unpaired) electrons. The monoisotopic (exact) mass is 486 g/mol. The summed E-state index contributed by atoms with van der Waals surface area (Å²) in [6.45, 7) is 5.89. The summed E-state index contributed by atoms with van der Waals surface area (Å²) in [7, 11) is 3.95. The van der Waals surface area contributed by atoms with Crippen LogP contribution in [-0.4, -0.2) is 60.4 Å². The van der Waals surface area contributed by atoms with Gasteiger partial charge in [-0.3, -0.25) is 9.59 Å². The van der Waals surface area contributed by atoms with Crippen molar-refractivity contribution in [2.24, 2.45) is 5.92 Å². The summed E-state index contributed by atoms with van der Waals surface area (Å²) in [5.41, 5.74) is 1.39. The number of amides is 1. The molecular weight excluding hydrogens is 452 g/mol. The van der Waals surface area contributed by atoms with E-state index in [0.29, 0.717) is 36.8 Å². The molecule has 4 rings (SSSR count). The van der Waals surface area contributed by atoms with Crippen LogP contribution in [0.5, 0.6) is 5.75 Å². The number of nitrogens with zero attached hydrogens (tertiary/aromatic N) is 2. The van der Waals surface area contributed by atoms with E-state index in [2.05, 4.69) is 13.8 Å². The standard InChI is InChI=1S/C30H34N2O4/c1-20(2)19-36-23-13-7-12-22(18-23)27-26(29(34)30(35)32(27)17-9-16-31(3)4)28(33)25-15-8-11-21-10-5-6-14-24(21)25/h5-8,10-15,18,20,27,33H,9,16-17,19H2,1-4H3/b28-26-. The number of hydrogen-bond donors (Lipinski definition) is 1. The second-order valence-electron chi connectivity index (χ2n) is 9.95. The first-order valence-electron chi connectivity index (χ1n) is 12.4. The van der Waals surface area contributed by atoms with Gasteiger partial charge in [-0.2, -0.15) is 0 Å². The zero-order valence-electron chi connectivity index (χ0n) is 21.4. The first-order chi connectivity index (χ1) is 17.3. The van der Waals surface area contributed by atoms with Crippen molar-refractivity contribution >= 4 is 28.2 Å². The van der Waals surface area contributed by atoms with Gasteiger partial charge >= 0.3 is 0 Å². The molecule has 1 fully saturated rings. The van der Waals surface area contributed by atoms with Gasteiger partial charge in [0.1, 0.15) is 11.5 Å². The lowest BCUT2D eigenvalue weighted by Gasteiger charge is -2.26. The SMILES string of the molecule is CC(C)COc1cccc(C2/C(=C(/O)c3cccc4ccccc34)C(=O)C(=O)N2CCCN(C)C)c1. The van der Waals surface area contributed by atoms with Crippen molar-refractivity contribution in [1.82, 2.24) is 9.80 Å². The van der Waals surface area contributed by atoms with E-state index in [9.17, 15) is 14.7 Å². The van der Waals surface area contributed by atoms with Gasteiger partial charge in [0.2, 0.25) is 0 Å². The summed E-state index contributed by atoms with van der Waals surface area (Å²) >= 11 is 0. The minimum Gasteiger partial charge on any atom is -0.507 e. The normalized spacial score (nSPS) is 17.5. The molecule has 1 atom stereocenters. The number of aliphatic hydroxyl groups excluding tert-OH is 1. The molecule has 0 aliphatic carbocycles. The topological polar surface area (TPSA) is 70.1 Å². The summed E-state index contributed by atoms with van der Waals surface area (Å²) < 4.78 is 5.93. The average Bonchev–Trinajstić information content (AvgIpc) is 3.12. The van der Waals surface area contributed by atoms with Gasteiger partial charge < -0.3 is 19.6 Å². The largest absolute Gasteiger partial charge is 0.507 e. The van der Waals surface area contributed by atoms with E-state index in [1.165, 1.54) is 0 Å². The molecule has 188 valence electrons. The van der Waals surface area contributed by atoms with Crippen molar-refractivity contribution in [2.45, 2.75) is 26.3 Å². The first kappa shape index (κ1) is 25.5. The van der Waals surface area contributed by atoms with E-state index in [0.717, 1.165) is 22.9 Å². The van der Waals surface area contributed by atoms with Gasteiger partial charge in [-0.25, -0.2) is 0 Å². The molecule has 1 aliphatic rings. The maximum Gasteiger partial charge on any atom is 0.295 e. The Morgan fingerprint density at radius 2 is 1.75 bits per heavy atom. The third-order valence-electron chi connectivity index (χ3n) is 6.35. The Hall–Kier alpha value is -3.64. The minimum atomic E-state index is -0.700. The Labute approximate surface area is 212 Å².